The fourth-order valence-electron chi connectivity index (χ4n) is 4.69. The molecule has 2 aromatic carbocycles. The van der Waals surface area contributed by atoms with Crippen molar-refractivity contribution in [1.82, 2.24) is 26.2 Å². The minimum absolute atomic E-state index is 0.102. The number of carbonyl (C=O) groups excluding carboxylic acids is 5. The van der Waals surface area contributed by atoms with Crippen LogP contribution in [0.4, 0.5) is 0 Å². The minimum Gasteiger partial charge on any atom is -0.368 e. The highest BCUT2D eigenvalue weighted by Crippen LogP contribution is 2.11. The van der Waals surface area contributed by atoms with Gasteiger partial charge >= 0.3 is 0 Å². The number of benzene rings is 2. The first-order valence-electron chi connectivity index (χ1n) is 15.4. The molecule has 2 rings (SSSR count). The number of carbonyl (C=O) groups is 5. The maximum absolute atomic E-state index is 13.8. The van der Waals surface area contributed by atoms with Gasteiger partial charge in [0.05, 0.1) is 6.04 Å². The molecule has 11 heteroatoms. The molecule has 0 aromatic heterocycles. The highest BCUT2D eigenvalue weighted by atomic mass is 16.2. The van der Waals surface area contributed by atoms with Crippen LogP contribution in [0.1, 0.15) is 52.2 Å². The number of rotatable bonds is 17. The number of primary amides is 1. The van der Waals surface area contributed by atoms with E-state index in [2.05, 4.69) is 21.3 Å². The molecule has 246 valence electrons. The van der Waals surface area contributed by atoms with Crippen molar-refractivity contribution < 1.29 is 24.0 Å². The van der Waals surface area contributed by atoms with Crippen LogP contribution in [0, 0.1) is 11.8 Å². The zero-order chi connectivity index (χ0) is 33.7. The van der Waals surface area contributed by atoms with Gasteiger partial charge in [-0.2, -0.15) is 0 Å². The summed E-state index contributed by atoms with van der Waals surface area (Å²) in [5.74, 6) is -2.88. The molecule has 0 aliphatic heterocycles. The van der Waals surface area contributed by atoms with Crippen molar-refractivity contribution in [2.24, 2.45) is 17.6 Å². The van der Waals surface area contributed by atoms with Crippen molar-refractivity contribution in [2.75, 3.05) is 14.1 Å². The van der Waals surface area contributed by atoms with Crippen LogP contribution in [0.15, 0.2) is 60.7 Å². The number of likely N-dealkylation sites (N-methyl/N-ethyl adjacent to an activating group) is 1. The van der Waals surface area contributed by atoms with Crippen LogP contribution in [0.3, 0.4) is 0 Å². The van der Waals surface area contributed by atoms with Crippen LogP contribution < -0.4 is 27.0 Å². The van der Waals surface area contributed by atoms with E-state index in [1.165, 1.54) is 0 Å². The van der Waals surface area contributed by atoms with Crippen LogP contribution in [0.25, 0.3) is 0 Å². The van der Waals surface area contributed by atoms with Crippen molar-refractivity contribution >= 4 is 29.5 Å². The summed E-state index contributed by atoms with van der Waals surface area (Å²) in [5, 5.41) is 11.2. The van der Waals surface area contributed by atoms with E-state index in [4.69, 9.17) is 5.73 Å². The summed E-state index contributed by atoms with van der Waals surface area (Å²) in [5.41, 5.74) is 7.16. The number of amides is 5. The van der Waals surface area contributed by atoms with Crippen LogP contribution in [0.5, 0.6) is 0 Å². The van der Waals surface area contributed by atoms with E-state index in [9.17, 15) is 24.0 Å². The molecule has 0 aliphatic carbocycles. The Hall–Kier alpha value is -4.25. The van der Waals surface area contributed by atoms with Gasteiger partial charge in [-0.1, -0.05) is 88.4 Å². The van der Waals surface area contributed by atoms with Crippen molar-refractivity contribution in [3.05, 3.63) is 71.8 Å². The maximum atomic E-state index is 13.8. The minimum atomic E-state index is -1.07. The third kappa shape index (κ3) is 12.3. The Morgan fingerprint density at radius 1 is 0.622 bits per heavy atom. The van der Waals surface area contributed by atoms with E-state index < -0.39 is 53.8 Å². The summed E-state index contributed by atoms with van der Waals surface area (Å²) < 4.78 is 0. The fourth-order valence-corrected chi connectivity index (χ4v) is 4.69. The van der Waals surface area contributed by atoms with E-state index in [0.717, 1.165) is 11.1 Å². The smallest absolute Gasteiger partial charge is 0.243 e. The first kappa shape index (κ1) is 36.9. The van der Waals surface area contributed by atoms with Crippen molar-refractivity contribution in [2.45, 2.75) is 84.1 Å². The van der Waals surface area contributed by atoms with E-state index in [1.54, 1.807) is 39.8 Å². The van der Waals surface area contributed by atoms with Gasteiger partial charge in [-0.15, -0.1) is 0 Å². The molecule has 5 atom stereocenters. The molecule has 0 radical (unpaired) electrons. The Kier molecular flexibility index (Phi) is 14.7. The topological polar surface area (TPSA) is 163 Å². The predicted octanol–water partition coefficient (Wildman–Crippen LogP) is 1.55. The standard InChI is InChI=1S/C34H50N6O5/c1-21(2)18-26(30(35)41)36-34(45)29(22(3)4)39-33(44)28(20-25-16-12-9-13-17-25)38-32(43)27(19-24-14-10-8-11-15-24)37-31(42)23(5)40(6)7/h8-17,21-23,26-29H,18-20H2,1-7H3,(H2,35,41)(H,36,45)(H,37,42)(H,38,43)(H,39,44)/t23-,26-,27-,28-,29-/m1/s1. The van der Waals surface area contributed by atoms with Gasteiger partial charge in [-0.05, 0) is 50.4 Å². The van der Waals surface area contributed by atoms with Gasteiger partial charge in [0.25, 0.3) is 0 Å². The first-order chi connectivity index (χ1) is 21.2. The Morgan fingerprint density at radius 3 is 1.44 bits per heavy atom. The maximum Gasteiger partial charge on any atom is 0.243 e. The summed E-state index contributed by atoms with van der Waals surface area (Å²) in [6.45, 7) is 9.10. The summed E-state index contributed by atoms with van der Waals surface area (Å²) in [6.07, 6.45) is 0.704. The van der Waals surface area contributed by atoms with Crippen LogP contribution in [-0.4, -0.2) is 78.7 Å². The van der Waals surface area contributed by atoms with Crippen molar-refractivity contribution in [3.63, 3.8) is 0 Å². The molecule has 2 aromatic rings. The van der Waals surface area contributed by atoms with E-state index in [-0.39, 0.29) is 30.6 Å². The Bertz CT molecular complexity index is 1270. The summed E-state index contributed by atoms with van der Waals surface area (Å²) in [6, 6.07) is 14.0. The molecule has 0 bridgehead atoms. The van der Waals surface area contributed by atoms with Gasteiger partial charge in [-0.3, -0.25) is 28.9 Å². The van der Waals surface area contributed by atoms with Gasteiger partial charge < -0.3 is 27.0 Å². The molecule has 6 N–H and O–H groups in total. The lowest BCUT2D eigenvalue weighted by Crippen LogP contribution is -2.60. The van der Waals surface area contributed by atoms with Crippen molar-refractivity contribution in [1.29, 1.82) is 0 Å². The molecule has 0 unspecified atom stereocenters. The highest BCUT2D eigenvalue weighted by molar-refractivity contribution is 5.96. The Labute approximate surface area is 267 Å². The number of nitrogens with two attached hydrogens (primary N) is 1. The van der Waals surface area contributed by atoms with Gasteiger partial charge in [-0.25, -0.2) is 0 Å². The lowest BCUT2D eigenvalue weighted by atomic mass is 9.98. The predicted molar refractivity (Wildman–Crippen MR) is 175 cm³/mol. The lowest BCUT2D eigenvalue weighted by Gasteiger charge is -2.28. The van der Waals surface area contributed by atoms with Crippen molar-refractivity contribution in [3.8, 4) is 0 Å². The molecular weight excluding hydrogens is 572 g/mol. The SMILES string of the molecule is CC(C)C[C@@H](NC(=O)[C@H](NC(=O)[C@@H](Cc1ccccc1)NC(=O)[C@@H](Cc1ccccc1)NC(=O)[C@@H](C)N(C)C)C(C)C)C(N)=O. The second kappa shape index (κ2) is 17.9. The average molecular weight is 623 g/mol. The molecule has 0 aliphatic rings. The number of nitrogens with one attached hydrogen (secondary N) is 4. The van der Waals surface area contributed by atoms with Crippen LogP contribution >= 0.6 is 0 Å². The molecular formula is C34H50N6O5. The lowest BCUT2D eigenvalue weighted by molar-refractivity contribution is -0.135. The zero-order valence-corrected chi connectivity index (χ0v) is 27.5. The van der Waals surface area contributed by atoms with Crippen LogP contribution in [0.2, 0.25) is 0 Å². The second-order valence-corrected chi connectivity index (χ2v) is 12.5. The number of nitrogens with zero attached hydrogens (tertiary/aromatic N) is 1. The molecule has 45 heavy (non-hydrogen) atoms. The van der Waals surface area contributed by atoms with Gasteiger partial charge in [0.1, 0.15) is 24.2 Å². The fraction of sp³-hybridized carbons (Fsp3) is 0.500. The zero-order valence-electron chi connectivity index (χ0n) is 27.5. The largest absolute Gasteiger partial charge is 0.368 e. The number of hydrogen-bond donors (Lipinski definition) is 5. The Morgan fingerprint density at radius 2 is 1.04 bits per heavy atom. The van der Waals surface area contributed by atoms with Gasteiger partial charge in [0.15, 0.2) is 0 Å². The van der Waals surface area contributed by atoms with Crippen LogP contribution in [-0.2, 0) is 36.8 Å². The first-order valence-corrected chi connectivity index (χ1v) is 15.4. The average Bonchev–Trinajstić information content (AvgIpc) is 2.98. The molecule has 11 nitrogen and oxygen atoms in total. The third-order valence-electron chi connectivity index (χ3n) is 7.60. The molecule has 0 heterocycles. The Balaban J connectivity index is 2.35. The molecule has 0 spiro atoms. The molecule has 0 fully saturated rings. The summed E-state index contributed by atoms with van der Waals surface area (Å²) in [7, 11) is 3.54. The van der Waals surface area contributed by atoms with E-state index in [1.807, 2.05) is 74.5 Å². The number of hydrogen-bond acceptors (Lipinski definition) is 6. The summed E-state index contributed by atoms with van der Waals surface area (Å²) >= 11 is 0. The summed E-state index contributed by atoms with van der Waals surface area (Å²) in [4.78, 5) is 67.7. The monoisotopic (exact) mass is 622 g/mol. The van der Waals surface area contributed by atoms with E-state index >= 15 is 0 Å². The quantitative estimate of drug-likeness (QED) is 0.180. The van der Waals surface area contributed by atoms with Gasteiger partial charge in [0, 0.05) is 12.8 Å². The second-order valence-electron chi connectivity index (χ2n) is 12.5. The van der Waals surface area contributed by atoms with E-state index in [0.29, 0.717) is 6.42 Å². The third-order valence-corrected chi connectivity index (χ3v) is 7.60. The molecule has 0 saturated carbocycles. The van der Waals surface area contributed by atoms with Gasteiger partial charge in [0.2, 0.25) is 29.5 Å². The molecule has 0 saturated heterocycles. The highest BCUT2D eigenvalue weighted by Gasteiger charge is 2.33. The normalized spacial score (nSPS) is 14.6. The molecule has 5 amide bonds.